The van der Waals surface area contributed by atoms with Gasteiger partial charge in [-0.05, 0) is 53.8 Å². The molecule has 3 nitrogen and oxygen atoms in total. The topological polar surface area (TPSA) is 50.4 Å². The van der Waals surface area contributed by atoms with E-state index in [1.807, 2.05) is 42.5 Å². The number of benzene rings is 2. The fourth-order valence-corrected chi connectivity index (χ4v) is 4.18. The van der Waals surface area contributed by atoms with Crippen molar-refractivity contribution in [2.75, 3.05) is 0 Å². The van der Waals surface area contributed by atoms with Crippen LogP contribution in [-0.4, -0.2) is 16.7 Å². The zero-order valence-corrected chi connectivity index (χ0v) is 17.1. The molecule has 142 valence electrons. The van der Waals surface area contributed by atoms with Crippen molar-refractivity contribution >= 4 is 40.2 Å². The number of nitrogens with two attached hydrogens (primary N) is 1. The summed E-state index contributed by atoms with van der Waals surface area (Å²) in [5.74, 6) is 0.489. The number of fused-ring (bicyclic) bond motifs is 1. The first-order valence-electron chi connectivity index (χ1n) is 9.42. The summed E-state index contributed by atoms with van der Waals surface area (Å²) in [5, 5.41) is 4.41. The van der Waals surface area contributed by atoms with Crippen LogP contribution in [0.2, 0.25) is 5.02 Å². The highest BCUT2D eigenvalue weighted by Crippen LogP contribution is 2.27. The highest BCUT2D eigenvalue weighted by atomic mass is 35.5. The fourth-order valence-electron chi connectivity index (χ4n) is 3.70. The summed E-state index contributed by atoms with van der Waals surface area (Å²) in [6.45, 7) is 0.816. The van der Waals surface area contributed by atoms with Crippen LogP contribution in [0.3, 0.4) is 0 Å². The van der Waals surface area contributed by atoms with Crippen molar-refractivity contribution in [3.05, 3.63) is 88.0 Å². The number of amidine groups is 1. The predicted octanol–water partition coefficient (Wildman–Crippen LogP) is 4.84. The molecule has 4 rings (SSSR count). The molecule has 3 N–H and O–H groups in total. The highest BCUT2D eigenvalue weighted by molar-refractivity contribution is 7.81. The molecule has 2 aliphatic carbocycles. The fraction of sp³-hybridized carbons (Fsp3) is 0.217. The largest absolute Gasteiger partial charge is 0.383 e. The Hall–Kier alpha value is -2.27. The normalized spacial score (nSPS) is 18.9. The Labute approximate surface area is 176 Å². The Morgan fingerprint density at radius 3 is 2.86 bits per heavy atom. The number of hydrogen-bond donors (Lipinski definition) is 2. The van der Waals surface area contributed by atoms with Gasteiger partial charge in [-0.2, -0.15) is 0 Å². The summed E-state index contributed by atoms with van der Waals surface area (Å²) in [6.07, 6.45) is 8.71. The average molecular weight is 408 g/mol. The number of allylic oxidation sites excluding steroid dienone is 3. The molecular weight excluding hydrogens is 386 g/mol. The van der Waals surface area contributed by atoms with Crippen molar-refractivity contribution in [1.29, 1.82) is 0 Å². The molecule has 2 aliphatic rings. The van der Waals surface area contributed by atoms with Crippen LogP contribution in [-0.2, 0) is 19.4 Å². The van der Waals surface area contributed by atoms with E-state index in [-0.39, 0.29) is 0 Å². The lowest BCUT2D eigenvalue weighted by Crippen LogP contribution is -2.28. The van der Waals surface area contributed by atoms with Gasteiger partial charge < -0.3 is 11.1 Å². The number of thiocarbonyl (C=S) groups is 1. The zero-order chi connectivity index (χ0) is 19.5. The minimum absolute atomic E-state index is 0.421. The minimum Gasteiger partial charge on any atom is -0.383 e. The quantitative estimate of drug-likeness (QED) is 0.423. The number of nitrogens with one attached hydrogen (secondary N) is 1. The number of hydrogen-bond acceptors (Lipinski definition) is 3. The molecule has 1 atom stereocenters. The third kappa shape index (κ3) is 4.41. The van der Waals surface area contributed by atoms with E-state index in [1.54, 1.807) is 0 Å². The van der Waals surface area contributed by atoms with Crippen molar-refractivity contribution < 1.29 is 0 Å². The molecule has 0 bridgehead atoms. The number of rotatable bonds is 5. The van der Waals surface area contributed by atoms with E-state index in [2.05, 4.69) is 28.5 Å². The summed E-state index contributed by atoms with van der Waals surface area (Å²) < 4.78 is 0. The van der Waals surface area contributed by atoms with Crippen LogP contribution in [0.25, 0.3) is 0 Å². The van der Waals surface area contributed by atoms with Crippen molar-refractivity contribution in [2.45, 2.75) is 31.8 Å². The van der Waals surface area contributed by atoms with Crippen LogP contribution < -0.4 is 11.1 Å². The van der Waals surface area contributed by atoms with E-state index in [1.165, 1.54) is 16.7 Å². The molecule has 2 aromatic carbocycles. The van der Waals surface area contributed by atoms with Crippen LogP contribution in [0.4, 0.5) is 5.69 Å². The van der Waals surface area contributed by atoms with E-state index in [9.17, 15) is 0 Å². The Morgan fingerprint density at radius 2 is 2.04 bits per heavy atom. The van der Waals surface area contributed by atoms with Gasteiger partial charge in [0, 0.05) is 34.5 Å². The summed E-state index contributed by atoms with van der Waals surface area (Å²) in [6, 6.07) is 14.7. The van der Waals surface area contributed by atoms with Gasteiger partial charge in [-0.3, -0.25) is 0 Å². The number of aliphatic imine (C=N–C) groups is 1. The summed E-state index contributed by atoms with van der Waals surface area (Å²) in [5.41, 5.74) is 11.8. The van der Waals surface area contributed by atoms with E-state index >= 15 is 0 Å². The van der Waals surface area contributed by atoms with Crippen LogP contribution in [0, 0.1) is 0 Å². The Morgan fingerprint density at radius 1 is 1.18 bits per heavy atom. The van der Waals surface area contributed by atoms with Gasteiger partial charge in [0.15, 0.2) is 0 Å². The monoisotopic (exact) mass is 407 g/mol. The molecule has 0 aliphatic heterocycles. The Kier molecular flexibility index (Phi) is 5.72. The maximum atomic E-state index is 6.20. The van der Waals surface area contributed by atoms with E-state index in [4.69, 9.17) is 29.6 Å². The third-order valence-electron chi connectivity index (χ3n) is 5.13. The summed E-state index contributed by atoms with van der Waals surface area (Å²) >= 11 is 11.5. The molecule has 0 spiro atoms. The van der Waals surface area contributed by atoms with Gasteiger partial charge in [0.05, 0.1) is 5.69 Å². The maximum Gasteiger partial charge on any atom is 0.132 e. The summed E-state index contributed by atoms with van der Waals surface area (Å²) in [7, 11) is 0. The first kappa shape index (κ1) is 19.1. The van der Waals surface area contributed by atoms with Gasteiger partial charge in [-0.15, -0.1) is 0 Å². The molecule has 5 heteroatoms. The maximum absolute atomic E-state index is 6.20. The first-order valence-corrected chi connectivity index (χ1v) is 10.2. The summed E-state index contributed by atoms with van der Waals surface area (Å²) in [4.78, 5) is 5.45. The first-order chi connectivity index (χ1) is 13.6. The number of halogens is 1. The van der Waals surface area contributed by atoms with Crippen molar-refractivity contribution in [3.8, 4) is 0 Å². The minimum atomic E-state index is 0.421. The van der Waals surface area contributed by atoms with Gasteiger partial charge in [-0.25, -0.2) is 4.99 Å². The lowest BCUT2D eigenvalue weighted by molar-refractivity contribution is 0.533. The van der Waals surface area contributed by atoms with Gasteiger partial charge in [0.25, 0.3) is 0 Å². The smallest absolute Gasteiger partial charge is 0.132 e. The van der Waals surface area contributed by atoms with Gasteiger partial charge in [0.2, 0.25) is 0 Å². The van der Waals surface area contributed by atoms with Crippen LogP contribution in [0.15, 0.2) is 71.3 Å². The van der Waals surface area contributed by atoms with Crippen molar-refractivity contribution in [1.82, 2.24) is 5.32 Å². The van der Waals surface area contributed by atoms with Crippen LogP contribution in [0.5, 0.6) is 0 Å². The molecule has 1 unspecified atom stereocenters. The van der Waals surface area contributed by atoms with Gasteiger partial charge in [-0.1, -0.05) is 60.2 Å². The Bertz CT molecular complexity index is 1010. The van der Waals surface area contributed by atoms with Crippen molar-refractivity contribution in [2.24, 2.45) is 10.7 Å². The lowest BCUT2D eigenvalue weighted by atomic mass is 10.0. The average Bonchev–Trinajstić information content (AvgIpc) is 3.09. The van der Waals surface area contributed by atoms with Crippen LogP contribution >= 0.6 is 23.8 Å². The molecule has 0 saturated heterocycles. The van der Waals surface area contributed by atoms with E-state index in [0.717, 1.165) is 47.0 Å². The molecule has 0 aromatic heterocycles. The van der Waals surface area contributed by atoms with Gasteiger partial charge >= 0.3 is 0 Å². The Balaban J connectivity index is 1.43. The molecular formula is C23H22ClN3S. The molecule has 28 heavy (non-hydrogen) atoms. The predicted molar refractivity (Wildman–Crippen MR) is 122 cm³/mol. The SMILES string of the molecule is NC(=Nc1ccc2c(c1)CC(NCc1cccc(Cl)c1)C2)C1=CC=CCC1=S. The van der Waals surface area contributed by atoms with E-state index in [0.29, 0.717) is 11.9 Å². The molecule has 0 heterocycles. The van der Waals surface area contributed by atoms with Crippen LogP contribution in [0.1, 0.15) is 23.1 Å². The van der Waals surface area contributed by atoms with Crippen molar-refractivity contribution in [3.63, 3.8) is 0 Å². The second-order valence-corrected chi connectivity index (χ2v) is 8.13. The molecule has 0 saturated carbocycles. The molecule has 0 fully saturated rings. The number of nitrogens with zero attached hydrogens (tertiary/aromatic N) is 1. The van der Waals surface area contributed by atoms with E-state index < -0.39 is 0 Å². The third-order valence-corrected chi connectivity index (χ3v) is 5.76. The van der Waals surface area contributed by atoms with Gasteiger partial charge in [0.1, 0.15) is 5.84 Å². The zero-order valence-electron chi connectivity index (χ0n) is 15.5. The lowest BCUT2D eigenvalue weighted by Gasteiger charge is -2.12. The molecule has 2 aromatic rings. The highest BCUT2D eigenvalue weighted by Gasteiger charge is 2.21. The molecule has 0 amide bonds. The molecule has 0 radical (unpaired) electrons. The standard InChI is InChI=1S/C23H22ClN3S/c24-18-5-3-4-15(10-18)14-26-20-11-16-8-9-19(12-17(16)13-20)27-23(25)21-6-1-2-7-22(21)28/h1-6,8-10,12,20,26H,7,11,13-14H2,(H2,25,27). The second kappa shape index (κ2) is 8.39. The second-order valence-electron chi connectivity index (χ2n) is 7.20.